The Labute approximate surface area is 141 Å². The van der Waals surface area contributed by atoms with E-state index in [0.29, 0.717) is 10.7 Å². The van der Waals surface area contributed by atoms with Gasteiger partial charge in [-0.05, 0) is 56.9 Å². The zero-order valence-corrected chi connectivity index (χ0v) is 14.3. The van der Waals surface area contributed by atoms with Crippen molar-refractivity contribution in [2.24, 2.45) is 0 Å². The van der Waals surface area contributed by atoms with Crippen molar-refractivity contribution in [2.45, 2.75) is 6.92 Å². The predicted molar refractivity (Wildman–Crippen MR) is 95.4 cm³/mol. The van der Waals surface area contributed by atoms with E-state index in [1.165, 1.54) is 0 Å². The maximum Gasteiger partial charge on any atom is 0.274 e. The number of nitrogens with one attached hydrogen (secondary N) is 2. The van der Waals surface area contributed by atoms with Gasteiger partial charge in [0.1, 0.15) is 5.69 Å². The highest BCUT2D eigenvalue weighted by Gasteiger charge is 2.09. The van der Waals surface area contributed by atoms with E-state index in [2.05, 4.69) is 20.5 Å². The standard InChI is InChI=1S/C17H21ClN4O/c1-12-10-13(18)4-6-15(12)21-17(23)16-7-5-14(11-20-16)19-8-9-22(2)3/h4-7,10-11,19H,8-9H2,1-3H3,(H,21,23). The van der Waals surface area contributed by atoms with Gasteiger partial charge in [-0.3, -0.25) is 4.79 Å². The van der Waals surface area contributed by atoms with Crippen LogP contribution in [0.25, 0.3) is 0 Å². The fourth-order valence-electron chi connectivity index (χ4n) is 2.01. The number of pyridine rings is 1. The molecular weight excluding hydrogens is 312 g/mol. The lowest BCUT2D eigenvalue weighted by molar-refractivity contribution is 0.102. The van der Waals surface area contributed by atoms with Crippen molar-refractivity contribution < 1.29 is 4.79 Å². The highest BCUT2D eigenvalue weighted by molar-refractivity contribution is 6.30. The quantitative estimate of drug-likeness (QED) is 0.852. The Bertz CT molecular complexity index is 671. The number of hydrogen-bond donors (Lipinski definition) is 2. The van der Waals surface area contributed by atoms with Crippen LogP contribution in [0, 0.1) is 6.92 Å². The van der Waals surface area contributed by atoms with Gasteiger partial charge in [-0.25, -0.2) is 4.98 Å². The lowest BCUT2D eigenvalue weighted by atomic mass is 10.2. The average molecular weight is 333 g/mol. The normalized spacial score (nSPS) is 10.7. The van der Waals surface area contributed by atoms with Crippen LogP contribution in [0.1, 0.15) is 16.1 Å². The predicted octanol–water partition coefficient (Wildman–Crippen LogP) is 3.27. The minimum Gasteiger partial charge on any atom is -0.383 e. The average Bonchev–Trinajstić information content (AvgIpc) is 2.50. The third kappa shape index (κ3) is 5.23. The zero-order valence-electron chi connectivity index (χ0n) is 13.6. The Balaban J connectivity index is 1.97. The number of rotatable bonds is 6. The van der Waals surface area contributed by atoms with Crippen molar-refractivity contribution in [1.29, 1.82) is 0 Å². The van der Waals surface area contributed by atoms with Crippen molar-refractivity contribution >= 4 is 28.9 Å². The lowest BCUT2D eigenvalue weighted by Crippen LogP contribution is -2.21. The molecule has 0 saturated carbocycles. The van der Waals surface area contributed by atoms with Crippen LogP contribution in [-0.2, 0) is 0 Å². The Morgan fingerprint density at radius 1 is 1.26 bits per heavy atom. The molecule has 0 fully saturated rings. The Hall–Kier alpha value is -2.11. The Morgan fingerprint density at radius 3 is 2.65 bits per heavy atom. The summed E-state index contributed by atoms with van der Waals surface area (Å²) in [5, 5.41) is 6.75. The van der Waals surface area contributed by atoms with Crippen LogP contribution in [0.3, 0.4) is 0 Å². The molecule has 0 bridgehead atoms. The number of hydrogen-bond acceptors (Lipinski definition) is 4. The molecule has 0 aliphatic heterocycles. The van der Waals surface area contributed by atoms with Gasteiger partial charge < -0.3 is 15.5 Å². The molecule has 0 aliphatic rings. The molecule has 122 valence electrons. The molecule has 0 radical (unpaired) electrons. The fourth-order valence-corrected chi connectivity index (χ4v) is 2.24. The highest BCUT2D eigenvalue weighted by Crippen LogP contribution is 2.20. The van der Waals surface area contributed by atoms with Crippen LogP contribution in [0.2, 0.25) is 5.02 Å². The van der Waals surface area contributed by atoms with Crippen molar-refractivity contribution in [1.82, 2.24) is 9.88 Å². The number of amides is 1. The molecule has 0 aliphatic carbocycles. The summed E-state index contributed by atoms with van der Waals surface area (Å²) in [5.74, 6) is -0.240. The Kier molecular flexibility index (Phi) is 5.96. The summed E-state index contributed by atoms with van der Waals surface area (Å²) in [7, 11) is 4.04. The second kappa shape index (κ2) is 7.94. The number of likely N-dealkylation sites (N-methyl/N-ethyl adjacent to an activating group) is 1. The van der Waals surface area contributed by atoms with Crippen LogP contribution in [0.4, 0.5) is 11.4 Å². The van der Waals surface area contributed by atoms with E-state index in [-0.39, 0.29) is 5.91 Å². The third-order valence-corrected chi connectivity index (χ3v) is 3.56. The van der Waals surface area contributed by atoms with Crippen molar-refractivity contribution in [3.8, 4) is 0 Å². The molecule has 0 unspecified atom stereocenters. The van der Waals surface area contributed by atoms with E-state index < -0.39 is 0 Å². The minimum atomic E-state index is -0.240. The van der Waals surface area contributed by atoms with Gasteiger partial charge in [0.05, 0.1) is 11.9 Å². The summed E-state index contributed by atoms with van der Waals surface area (Å²) in [6.07, 6.45) is 1.67. The summed E-state index contributed by atoms with van der Waals surface area (Å²) in [6.45, 7) is 3.65. The van der Waals surface area contributed by atoms with Gasteiger partial charge in [0, 0.05) is 23.8 Å². The monoisotopic (exact) mass is 332 g/mol. The summed E-state index contributed by atoms with van der Waals surface area (Å²) < 4.78 is 0. The van der Waals surface area contributed by atoms with Crippen LogP contribution in [0.15, 0.2) is 36.5 Å². The number of anilines is 2. The second-order valence-corrected chi connectivity index (χ2v) is 6.01. The number of halogens is 1. The molecular formula is C17H21ClN4O. The smallest absolute Gasteiger partial charge is 0.274 e. The van der Waals surface area contributed by atoms with Crippen molar-refractivity contribution in [3.05, 3.63) is 52.8 Å². The molecule has 0 atom stereocenters. The first-order valence-electron chi connectivity index (χ1n) is 7.38. The first-order chi connectivity index (χ1) is 11.0. The number of carbonyl (C=O) groups excluding carboxylic acids is 1. The second-order valence-electron chi connectivity index (χ2n) is 5.58. The number of benzene rings is 1. The number of aromatic nitrogens is 1. The molecule has 23 heavy (non-hydrogen) atoms. The molecule has 1 amide bonds. The molecule has 1 aromatic heterocycles. The summed E-state index contributed by atoms with van der Waals surface area (Å²) in [6, 6.07) is 8.90. The summed E-state index contributed by atoms with van der Waals surface area (Å²) in [5.41, 5.74) is 2.91. The molecule has 2 rings (SSSR count). The largest absolute Gasteiger partial charge is 0.383 e. The lowest BCUT2D eigenvalue weighted by Gasteiger charge is -2.11. The fraction of sp³-hybridized carbons (Fsp3) is 0.294. The summed E-state index contributed by atoms with van der Waals surface area (Å²) >= 11 is 5.91. The van der Waals surface area contributed by atoms with E-state index >= 15 is 0 Å². The molecule has 1 aromatic carbocycles. The zero-order chi connectivity index (χ0) is 16.8. The van der Waals surface area contributed by atoms with E-state index in [1.54, 1.807) is 24.4 Å². The summed E-state index contributed by atoms with van der Waals surface area (Å²) in [4.78, 5) is 18.5. The van der Waals surface area contributed by atoms with Gasteiger partial charge in [0.15, 0.2) is 0 Å². The van der Waals surface area contributed by atoms with E-state index in [4.69, 9.17) is 11.6 Å². The van der Waals surface area contributed by atoms with Crippen LogP contribution < -0.4 is 10.6 Å². The molecule has 0 saturated heterocycles. The SMILES string of the molecule is Cc1cc(Cl)ccc1NC(=O)c1ccc(NCCN(C)C)cn1. The molecule has 0 spiro atoms. The van der Waals surface area contributed by atoms with E-state index in [0.717, 1.165) is 30.0 Å². The highest BCUT2D eigenvalue weighted by atomic mass is 35.5. The van der Waals surface area contributed by atoms with E-state index in [1.807, 2.05) is 33.2 Å². The topological polar surface area (TPSA) is 57.3 Å². The molecule has 6 heteroatoms. The Morgan fingerprint density at radius 2 is 2.04 bits per heavy atom. The first-order valence-corrected chi connectivity index (χ1v) is 7.75. The van der Waals surface area contributed by atoms with Gasteiger partial charge in [-0.15, -0.1) is 0 Å². The van der Waals surface area contributed by atoms with E-state index in [9.17, 15) is 4.79 Å². The maximum atomic E-state index is 12.2. The number of aryl methyl sites for hydroxylation is 1. The van der Waals surface area contributed by atoms with Crippen LogP contribution in [0.5, 0.6) is 0 Å². The van der Waals surface area contributed by atoms with Crippen LogP contribution >= 0.6 is 11.6 Å². The minimum absolute atomic E-state index is 0.240. The molecule has 2 aromatic rings. The van der Waals surface area contributed by atoms with Crippen LogP contribution in [-0.4, -0.2) is 43.0 Å². The maximum absolute atomic E-state index is 12.2. The van der Waals surface area contributed by atoms with Crippen molar-refractivity contribution in [2.75, 3.05) is 37.8 Å². The molecule has 5 nitrogen and oxygen atoms in total. The van der Waals surface area contributed by atoms with Gasteiger partial charge >= 0.3 is 0 Å². The third-order valence-electron chi connectivity index (χ3n) is 3.32. The number of nitrogens with zero attached hydrogens (tertiary/aromatic N) is 2. The van der Waals surface area contributed by atoms with Gasteiger partial charge in [0.25, 0.3) is 5.91 Å². The van der Waals surface area contributed by atoms with Gasteiger partial charge in [-0.2, -0.15) is 0 Å². The molecule has 1 heterocycles. The molecule has 2 N–H and O–H groups in total. The first kappa shape index (κ1) is 17.2. The van der Waals surface area contributed by atoms with Crippen molar-refractivity contribution in [3.63, 3.8) is 0 Å². The van der Waals surface area contributed by atoms with Gasteiger partial charge in [0.2, 0.25) is 0 Å². The van der Waals surface area contributed by atoms with Gasteiger partial charge in [-0.1, -0.05) is 11.6 Å². The number of carbonyl (C=O) groups is 1.